The van der Waals surface area contributed by atoms with E-state index in [2.05, 4.69) is 173 Å². The molecule has 0 unspecified atom stereocenters. The topological polar surface area (TPSA) is 0 Å². The smallest absolute Gasteiger partial charge is 0.0587 e. The maximum absolute atomic E-state index is 2.52. The molecule has 0 bridgehead atoms. The lowest BCUT2D eigenvalue weighted by atomic mass is 9.65. The molecule has 14 rings (SSSR count). The van der Waals surface area contributed by atoms with E-state index >= 15 is 0 Å². The van der Waals surface area contributed by atoms with Gasteiger partial charge >= 0.3 is 0 Å². The minimum Gasteiger partial charge on any atom is -0.0587 e. The average molecular weight is 825 g/mol. The van der Waals surface area contributed by atoms with Gasteiger partial charge in [0.15, 0.2) is 0 Å². The van der Waals surface area contributed by atoms with Crippen LogP contribution in [0.1, 0.15) is 111 Å². The van der Waals surface area contributed by atoms with Crippen molar-refractivity contribution in [1.29, 1.82) is 0 Å². The van der Waals surface area contributed by atoms with Gasteiger partial charge in [-0.15, -0.1) is 0 Å². The van der Waals surface area contributed by atoms with Gasteiger partial charge in [-0.3, -0.25) is 0 Å². The summed E-state index contributed by atoms with van der Waals surface area (Å²) in [6.07, 6.45) is 12.0. The molecule has 0 amide bonds. The molecule has 0 aliphatic heterocycles. The van der Waals surface area contributed by atoms with Crippen LogP contribution in [0.3, 0.4) is 0 Å². The van der Waals surface area contributed by atoms with Crippen LogP contribution in [0.25, 0.3) is 22.3 Å². The van der Waals surface area contributed by atoms with E-state index in [0.29, 0.717) is 0 Å². The second-order valence-electron chi connectivity index (χ2n) is 20.6. The van der Waals surface area contributed by atoms with Crippen LogP contribution in [0.5, 0.6) is 0 Å². The average Bonchev–Trinajstić information content (AvgIpc) is 3.66. The van der Waals surface area contributed by atoms with Crippen molar-refractivity contribution >= 4 is 0 Å². The van der Waals surface area contributed by atoms with Crippen LogP contribution in [-0.4, -0.2) is 0 Å². The summed E-state index contributed by atoms with van der Waals surface area (Å²) < 4.78 is 0. The predicted molar refractivity (Wildman–Crippen MR) is 265 cm³/mol. The Hall–Kier alpha value is -6.24. The number of benzene rings is 8. The van der Waals surface area contributed by atoms with Gasteiger partial charge in [0.1, 0.15) is 0 Å². The van der Waals surface area contributed by atoms with Crippen molar-refractivity contribution < 1.29 is 0 Å². The highest BCUT2D eigenvalue weighted by Crippen LogP contribution is 2.58. The minimum atomic E-state index is -0.238. The Balaban J connectivity index is 0.000000129. The standard InChI is InChI=1S/C33H30.C31H26/c1-21-3-13-29-30-14-4-22(2)16-32(30)33(31(29)15-21,19-23-5-7-25-9-11-27(25)17-23)20-24-6-8-26-10-12-28(26)18-24;1-19-3-13-27-28-14-4-20(2)16-30(28)31(29(27)15-19,25-11-9-21-5-7-23(21)17-25)26-12-10-22-6-8-24(22)18-26/h3-8,13-18H,9-12,19-20H2,1-2H3;3-4,9-18H,5-8H2,1-2H3. The van der Waals surface area contributed by atoms with Gasteiger partial charge in [-0.1, -0.05) is 168 Å². The normalized spacial score (nSPS) is 16.3. The molecule has 0 fully saturated rings. The Kier molecular flexibility index (Phi) is 8.44. The van der Waals surface area contributed by atoms with Crippen molar-refractivity contribution in [3.05, 3.63) is 257 Å². The fourth-order valence-corrected chi connectivity index (χ4v) is 12.8. The highest BCUT2D eigenvalue weighted by molar-refractivity contribution is 5.87. The molecule has 312 valence electrons. The minimum absolute atomic E-state index is 0.0291. The van der Waals surface area contributed by atoms with Gasteiger partial charge in [-0.2, -0.15) is 0 Å². The molecule has 0 heterocycles. The molecule has 0 heteroatoms. The fourth-order valence-electron chi connectivity index (χ4n) is 12.8. The first-order valence-electron chi connectivity index (χ1n) is 24.1. The first kappa shape index (κ1) is 38.2. The van der Waals surface area contributed by atoms with Crippen molar-refractivity contribution in [3.63, 3.8) is 0 Å². The highest BCUT2D eigenvalue weighted by Gasteiger charge is 2.47. The van der Waals surface area contributed by atoms with E-state index in [1.807, 2.05) is 0 Å². The van der Waals surface area contributed by atoms with Gasteiger partial charge in [0.2, 0.25) is 0 Å². The van der Waals surface area contributed by atoms with Gasteiger partial charge in [-0.25, -0.2) is 0 Å². The zero-order valence-corrected chi connectivity index (χ0v) is 37.9. The monoisotopic (exact) mass is 824 g/mol. The molecule has 0 nitrogen and oxygen atoms in total. The van der Waals surface area contributed by atoms with E-state index in [0.717, 1.165) is 12.8 Å². The summed E-state index contributed by atoms with van der Waals surface area (Å²) in [5, 5.41) is 0. The van der Waals surface area contributed by atoms with Crippen LogP contribution in [0.2, 0.25) is 0 Å². The third-order valence-corrected chi connectivity index (χ3v) is 16.6. The van der Waals surface area contributed by atoms with E-state index in [4.69, 9.17) is 0 Å². The number of fused-ring (bicyclic) bond motifs is 10. The van der Waals surface area contributed by atoms with E-state index in [-0.39, 0.29) is 10.8 Å². The van der Waals surface area contributed by atoms with E-state index in [1.165, 1.54) is 163 Å². The number of aryl methyl sites for hydroxylation is 12. The predicted octanol–water partition coefficient (Wildman–Crippen LogP) is 14.1. The molecular formula is C64H56. The van der Waals surface area contributed by atoms with Crippen molar-refractivity contribution in [2.45, 2.75) is 103 Å². The molecule has 0 atom stereocenters. The molecule has 6 aliphatic carbocycles. The summed E-state index contributed by atoms with van der Waals surface area (Å²) in [6, 6.07) is 57.6. The van der Waals surface area contributed by atoms with Crippen LogP contribution in [0.15, 0.2) is 146 Å². The number of hydrogen-bond acceptors (Lipinski definition) is 0. The maximum Gasteiger partial charge on any atom is 0.0713 e. The molecule has 0 saturated heterocycles. The molecule has 0 N–H and O–H groups in total. The summed E-state index contributed by atoms with van der Waals surface area (Å²) in [4.78, 5) is 0. The largest absolute Gasteiger partial charge is 0.0713 e. The summed E-state index contributed by atoms with van der Waals surface area (Å²) in [6.45, 7) is 8.95. The van der Waals surface area contributed by atoms with Crippen LogP contribution in [0, 0.1) is 27.7 Å². The molecule has 8 aromatic carbocycles. The van der Waals surface area contributed by atoms with Gasteiger partial charge in [0.25, 0.3) is 0 Å². The summed E-state index contributed by atoms with van der Waals surface area (Å²) in [7, 11) is 0. The lowest BCUT2D eigenvalue weighted by Crippen LogP contribution is -2.32. The fraction of sp³-hybridized carbons (Fsp3) is 0.250. The Morgan fingerprint density at radius 1 is 0.297 bits per heavy atom. The maximum atomic E-state index is 2.52. The van der Waals surface area contributed by atoms with Crippen molar-refractivity contribution in [2.75, 3.05) is 0 Å². The highest BCUT2D eigenvalue weighted by atomic mass is 14.5. The second kappa shape index (κ2) is 14.1. The van der Waals surface area contributed by atoms with Crippen LogP contribution < -0.4 is 0 Å². The zero-order valence-electron chi connectivity index (χ0n) is 37.9. The Bertz CT molecular complexity index is 3060. The second-order valence-corrected chi connectivity index (χ2v) is 20.6. The Labute approximate surface area is 380 Å². The Morgan fingerprint density at radius 2 is 0.609 bits per heavy atom. The third-order valence-electron chi connectivity index (χ3n) is 16.6. The van der Waals surface area contributed by atoms with E-state index < -0.39 is 0 Å². The quantitative estimate of drug-likeness (QED) is 0.157. The first-order chi connectivity index (χ1) is 31.2. The van der Waals surface area contributed by atoms with E-state index in [9.17, 15) is 0 Å². The van der Waals surface area contributed by atoms with Crippen molar-refractivity contribution in [3.8, 4) is 22.3 Å². The zero-order chi connectivity index (χ0) is 42.9. The van der Waals surface area contributed by atoms with Crippen LogP contribution in [-0.2, 0) is 75.0 Å². The Morgan fingerprint density at radius 3 is 0.938 bits per heavy atom. The molecule has 0 aromatic heterocycles. The summed E-state index contributed by atoms with van der Waals surface area (Å²) in [5.74, 6) is 0. The summed E-state index contributed by atoms with van der Waals surface area (Å²) >= 11 is 0. The summed E-state index contributed by atoms with van der Waals surface area (Å²) in [5.41, 5.74) is 34.9. The van der Waals surface area contributed by atoms with Crippen molar-refractivity contribution in [2.24, 2.45) is 0 Å². The lowest BCUT2D eigenvalue weighted by Gasteiger charge is -2.37. The molecule has 0 radical (unpaired) electrons. The number of hydrogen-bond donors (Lipinski definition) is 0. The van der Waals surface area contributed by atoms with Gasteiger partial charge in [0, 0.05) is 5.41 Å². The molecule has 0 spiro atoms. The molecular weight excluding hydrogens is 769 g/mol. The first-order valence-corrected chi connectivity index (χ1v) is 24.1. The van der Waals surface area contributed by atoms with Crippen molar-refractivity contribution in [1.82, 2.24) is 0 Å². The molecule has 6 aliphatic rings. The number of rotatable bonds is 6. The van der Waals surface area contributed by atoms with Gasteiger partial charge in [-0.05, 0) is 203 Å². The third kappa shape index (κ3) is 5.67. The van der Waals surface area contributed by atoms with Crippen LogP contribution >= 0.6 is 0 Å². The molecule has 8 aromatic rings. The molecule has 0 saturated carbocycles. The van der Waals surface area contributed by atoms with Gasteiger partial charge < -0.3 is 0 Å². The van der Waals surface area contributed by atoms with Crippen LogP contribution in [0.4, 0.5) is 0 Å². The van der Waals surface area contributed by atoms with E-state index in [1.54, 1.807) is 22.3 Å². The lowest BCUT2D eigenvalue weighted by molar-refractivity contribution is 0.518. The SMILES string of the molecule is Cc1ccc2c(c1)C(Cc1ccc3c(c1)CC3)(Cc1ccc3c(c1)CC3)c1cc(C)ccc1-2.Cc1ccc2c(c1)C(c1ccc3c(c1)CC3)(c1ccc3c(c1)CC3)c1cc(C)ccc1-2. The molecule has 64 heavy (non-hydrogen) atoms. The van der Waals surface area contributed by atoms with Gasteiger partial charge in [0.05, 0.1) is 5.41 Å².